The fraction of sp³-hybridized carbons (Fsp3) is 0.462. The molecule has 7 heteroatoms. The number of nitro groups is 1. The Morgan fingerprint density at radius 1 is 1.30 bits per heavy atom. The van der Waals surface area contributed by atoms with E-state index in [0.29, 0.717) is 18.5 Å². The van der Waals surface area contributed by atoms with E-state index in [2.05, 4.69) is 10.6 Å². The maximum Gasteiger partial charge on any atom is 0.319 e. The maximum atomic E-state index is 11.8. The molecule has 20 heavy (non-hydrogen) atoms. The van der Waals surface area contributed by atoms with Crippen LogP contribution in [0.3, 0.4) is 0 Å². The Morgan fingerprint density at radius 3 is 2.65 bits per heavy atom. The summed E-state index contributed by atoms with van der Waals surface area (Å²) in [5.74, 6) is 0. The van der Waals surface area contributed by atoms with E-state index in [-0.39, 0.29) is 23.9 Å². The number of rotatable bonds is 3. The summed E-state index contributed by atoms with van der Waals surface area (Å²) in [5.41, 5.74) is 0.316. The highest BCUT2D eigenvalue weighted by atomic mass is 16.6. The van der Waals surface area contributed by atoms with Crippen molar-refractivity contribution in [2.45, 2.75) is 37.8 Å². The third kappa shape index (κ3) is 3.92. The fourth-order valence-electron chi connectivity index (χ4n) is 2.27. The number of hydrogen-bond acceptors (Lipinski definition) is 4. The second-order valence-electron chi connectivity index (χ2n) is 4.91. The normalized spacial score (nSPS) is 22.1. The molecule has 0 aromatic heterocycles. The van der Waals surface area contributed by atoms with Gasteiger partial charge in [-0.05, 0) is 31.7 Å². The van der Waals surface area contributed by atoms with Gasteiger partial charge in [0.05, 0.1) is 11.0 Å². The molecule has 0 spiro atoms. The van der Waals surface area contributed by atoms with Gasteiger partial charge in [0.1, 0.15) is 0 Å². The number of amides is 2. The van der Waals surface area contributed by atoms with Crippen LogP contribution in [0.15, 0.2) is 24.3 Å². The number of aliphatic hydroxyl groups is 1. The van der Waals surface area contributed by atoms with Gasteiger partial charge in [-0.2, -0.15) is 0 Å². The van der Waals surface area contributed by atoms with Crippen LogP contribution in [0.2, 0.25) is 0 Å². The van der Waals surface area contributed by atoms with Gasteiger partial charge < -0.3 is 15.7 Å². The van der Waals surface area contributed by atoms with Crippen molar-refractivity contribution in [1.82, 2.24) is 5.32 Å². The molecule has 1 aromatic carbocycles. The van der Waals surface area contributed by atoms with E-state index >= 15 is 0 Å². The van der Waals surface area contributed by atoms with E-state index in [1.807, 2.05) is 0 Å². The monoisotopic (exact) mass is 279 g/mol. The van der Waals surface area contributed by atoms with Gasteiger partial charge in [0.2, 0.25) is 0 Å². The first kappa shape index (κ1) is 14.3. The predicted octanol–water partition coefficient (Wildman–Crippen LogP) is 2.02. The highest BCUT2D eigenvalue weighted by Gasteiger charge is 2.20. The first-order valence-corrected chi connectivity index (χ1v) is 6.54. The largest absolute Gasteiger partial charge is 0.393 e. The minimum atomic E-state index is -0.508. The van der Waals surface area contributed by atoms with Crippen LogP contribution in [0.25, 0.3) is 0 Å². The first-order chi connectivity index (χ1) is 9.54. The molecule has 2 rings (SSSR count). The molecule has 108 valence electrons. The lowest BCUT2D eigenvalue weighted by molar-refractivity contribution is -0.384. The van der Waals surface area contributed by atoms with Crippen LogP contribution in [0.5, 0.6) is 0 Å². The molecule has 2 amide bonds. The number of nitro benzene ring substituents is 1. The number of carbonyl (C=O) groups is 1. The van der Waals surface area contributed by atoms with Crippen molar-refractivity contribution in [3.63, 3.8) is 0 Å². The first-order valence-electron chi connectivity index (χ1n) is 6.54. The molecule has 1 fully saturated rings. The summed E-state index contributed by atoms with van der Waals surface area (Å²) in [4.78, 5) is 21.9. The summed E-state index contributed by atoms with van der Waals surface area (Å²) in [7, 11) is 0. The molecule has 3 N–H and O–H groups in total. The topological polar surface area (TPSA) is 104 Å². The minimum Gasteiger partial charge on any atom is -0.393 e. The number of benzene rings is 1. The van der Waals surface area contributed by atoms with Gasteiger partial charge in [-0.3, -0.25) is 10.1 Å². The molecule has 0 heterocycles. The van der Waals surface area contributed by atoms with Gasteiger partial charge in [0.25, 0.3) is 5.69 Å². The molecule has 1 aliphatic carbocycles. The molecule has 0 atom stereocenters. The molecule has 0 bridgehead atoms. The molecule has 1 aromatic rings. The summed E-state index contributed by atoms with van der Waals surface area (Å²) in [6.07, 6.45) is 2.57. The summed E-state index contributed by atoms with van der Waals surface area (Å²) in [6, 6.07) is 5.45. The zero-order chi connectivity index (χ0) is 14.5. The van der Waals surface area contributed by atoms with Crippen LogP contribution >= 0.6 is 0 Å². The van der Waals surface area contributed by atoms with Crippen LogP contribution in [0.4, 0.5) is 16.2 Å². The highest BCUT2D eigenvalue weighted by molar-refractivity contribution is 5.89. The third-order valence-electron chi connectivity index (χ3n) is 3.35. The van der Waals surface area contributed by atoms with E-state index in [1.165, 1.54) is 18.2 Å². The van der Waals surface area contributed by atoms with Crippen LogP contribution in [-0.2, 0) is 0 Å². The van der Waals surface area contributed by atoms with Gasteiger partial charge in [-0.25, -0.2) is 4.79 Å². The predicted molar refractivity (Wildman–Crippen MR) is 73.5 cm³/mol. The average molecular weight is 279 g/mol. The Labute approximate surface area is 116 Å². The summed E-state index contributed by atoms with van der Waals surface area (Å²) < 4.78 is 0. The molecule has 1 saturated carbocycles. The molecular weight excluding hydrogens is 262 g/mol. The zero-order valence-electron chi connectivity index (χ0n) is 10.9. The van der Waals surface area contributed by atoms with E-state index in [4.69, 9.17) is 0 Å². The Bertz CT molecular complexity index is 498. The third-order valence-corrected chi connectivity index (χ3v) is 3.35. The van der Waals surface area contributed by atoms with Crippen molar-refractivity contribution in [2.75, 3.05) is 5.32 Å². The average Bonchev–Trinajstić information content (AvgIpc) is 2.41. The number of anilines is 1. The van der Waals surface area contributed by atoms with E-state index in [1.54, 1.807) is 6.07 Å². The number of hydrogen-bond donors (Lipinski definition) is 3. The number of non-ortho nitro benzene ring substituents is 1. The van der Waals surface area contributed by atoms with E-state index < -0.39 is 4.92 Å². The zero-order valence-corrected chi connectivity index (χ0v) is 10.9. The Kier molecular flexibility index (Phi) is 4.52. The van der Waals surface area contributed by atoms with Crippen molar-refractivity contribution in [1.29, 1.82) is 0 Å². The number of urea groups is 1. The van der Waals surface area contributed by atoms with Crippen molar-refractivity contribution >= 4 is 17.4 Å². The lowest BCUT2D eigenvalue weighted by atomic mass is 9.93. The van der Waals surface area contributed by atoms with Crippen LogP contribution in [0.1, 0.15) is 25.7 Å². The SMILES string of the molecule is O=C(Nc1cccc([N+](=O)[O-])c1)NC1CCC(O)CC1. The van der Waals surface area contributed by atoms with Crippen LogP contribution in [-0.4, -0.2) is 28.2 Å². The molecule has 7 nitrogen and oxygen atoms in total. The van der Waals surface area contributed by atoms with Gasteiger partial charge in [-0.15, -0.1) is 0 Å². The van der Waals surface area contributed by atoms with Crippen molar-refractivity contribution in [3.05, 3.63) is 34.4 Å². The van der Waals surface area contributed by atoms with Crippen LogP contribution in [0, 0.1) is 10.1 Å². The molecule has 1 aliphatic rings. The fourth-order valence-corrected chi connectivity index (χ4v) is 2.27. The summed E-state index contributed by atoms with van der Waals surface area (Å²) in [6.45, 7) is 0. The van der Waals surface area contributed by atoms with Crippen molar-refractivity contribution in [2.24, 2.45) is 0 Å². The number of nitrogens with zero attached hydrogens (tertiary/aromatic N) is 1. The van der Waals surface area contributed by atoms with Gasteiger partial charge in [0.15, 0.2) is 0 Å². The Hall–Kier alpha value is -2.15. The molecular formula is C13H17N3O4. The Balaban J connectivity index is 1.88. The summed E-state index contributed by atoms with van der Waals surface area (Å²) in [5, 5.41) is 25.4. The minimum absolute atomic E-state index is 0.0390. The molecule has 0 aliphatic heterocycles. The van der Waals surface area contributed by atoms with Crippen molar-refractivity contribution < 1.29 is 14.8 Å². The van der Waals surface area contributed by atoms with Gasteiger partial charge in [0, 0.05) is 23.9 Å². The van der Waals surface area contributed by atoms with Gasteiger partial charge >= 0.3 is 6.03 Å². The van der Waals surface area contributed by atoms with E-state index in [9.17, 15) is 20.0 Å². The van der Waals surface area contributed by atoms with E-state index in [0.717, 1.165) is 12.8 Å². The highest BCUT2D eigenvalue weighted by Crippen LogP contribution is 2.19. The smallest absolute Gasteiger partial charge is 0.319 e. The number of nitrogens with one attached hydrogen (secondary N) is 2. The Morgan fingerprint density at radius 2 is 2.00 bits per heavy atom. The molecule has 0 unspecified atom stereocenters. The standard InChI is InChI=1S/C13H17N3O4/c17-12-6-4-9(5-7-12)14-13(18)15-10-2-1-3-11(8-10)16(19)20/h1-3,8-9,12,17H,4-7H2,(H2,14,15,18). The van der Waals surface area contributed by atoms with Gasteiger partial charge in [-0.1, -0.05) is 6.07 Å². The lowest BCUT2D eigenvalue weighted by Gasteiger charge is -2.26. The molecule has 0 saturated heterocycles. The molecule has 0 radical (unpaired) electrons. The second-order valence-corrected chi connectivity index (χ2v) is 4.91. The lowest BCUT2D eigenvalue weighted by Crippen LogP contribution is -2.40. The summed E-state index contributed by atoms with van der Waals surface area (Å²) >= 11 is 0. The maximum absolute atomic E-state index is 11.8. The number of aliphatic hydroxyl groups excluding tert-OH is 1. The van der Waals surface area contributed by atoms with Crippen molar-refractivity contribution in [3.8, 4) is 0 Å². The second kappa shape index (κ2) is 6.33. The quantitative estimate of drug-likeness (QED) is 0.581. The van der Waals surface area contributed by atoms with Crippen LogP contribution < -0.4 is 10.6 Å². The number of carbonyl (C=O) groups excluding carboxylic acids is 1.